The van der Waals surface area contributed by atoms with Gasteiger partial charge in [0.05, 0.1) is 31.2 Å². The Balaban J connectivity index is 1.74. The SMILES string of the molecule is COc1cc2cc(c1Cl)N(C)C(=O)C[C@@]1(OC(=O)[C@H](C)N(C)C(=O)CCSC)C3C(OC(=O)N[C@@]3(O)[C@H](OC)/C=C/C=C(\C)C2)[C@@H](C)[C@@H]2O[C@]21C. The van der Waals surface area contributed by atoms with Crippen LogP contribution in [0.3, 0.4) is 0 Å². The van der Waals surface area contributed by atoms with Crippen LogP contribution >= 0.6 is 23.4 Å². The zero-order valence-electron chi connectivity index (χ0n) is 30.5. The summed E-state index contributed by atoms with van der Waals surface area (Å²) in [6.07, 6.45) is 3.30. The average Bonchev–Trinajstić information content (AvgIpc) is 3.80. The summed E-state index contributed by atoms with van der Waals surface area (Å²) in [7, 11) is 5.92. The van der Waals surface area contributed by atoms with Gasteiger partial charge in [0.15, 0.2) is 11.3 Å². The highest BCUT2D eigenvalue weighted by Gasteiger charge is 2.83. The Kier molecular flexibility index (Phi) is 11.2. The predicted molar refractivity (Wildman–Crippen MR) is 192 cm³/mol. The van der Waals surface area contributed by atoms with Crippen LogP contribution in [0.2, 0.25) is 5.02 Å². The number of amides is 3. The van der Waals surface area contributed by atoms with Crippen LogP contribution in [0.4, 0.5) is 10.5 Å². The standard InChI is InChI=1S/C36H48ClN3O10S/c1-19-11-10-12-25(47-8)36(45)30-29(48-33(44)38-36)20(2)31-34(4,49-31)35(30,50-32(43)21(3)39(5)26(41)13-14-51-9)18-27(42)40(6)23-16-22(15-19)17-24(46-7)28(23)37/h10-12,16-17,20-21,25,29-31,45H,13-15,18H2,1-9H3,(H,38,44)/b12-10+,19-11+/t20-,21+,25-,29?,30?,31+,34-,35-,36-/m1/s1. The summed E-state index contributed by atoms with van der Waals surface area (Å²) >= 11 is 8.31. The van der Waals surface area contributed by atoms with Crippen LogP contribution in [0.25, 0.3) is 0 Å². The van der Waals surface area contributed by atoms with Crippen molar-refractivity contribution < 1.29 is 48.0 Å². The van der Waals surface area contributed by atoms with Crippen molar-refractivity contribution in [3.8, 4) is 5.75 Å². The Labute approximate surface area is 307 Å². The molecule has 5 rings (SSSR count). The summed E-state index contributed by atoms with van der Waals surface area (Å²) in [6, 6.07) is 2.50. The van der Waals surface area contributed by atoms with Crippen LogP contribution in [-0.4, -0.2) is 115 Å². The van der Waals surface area contributed by atoms with Crippen LogP contribution in [0.5, 0.6) is 5.75 Å². The lowest BCUT2D eigenvalue weighted by molar-refractivity contribution is -0.265. The first-order chi connectivity index (χ1) is 24.0. The molecule has 9 atom stereocenters. The van der Waals surface area contributed by atoms with Gasteiger partial charge >= 0.3 is 12.1 Å². The molecule has 0 spiro atoms. The number of hydrogen-bond donors (Lipinski definition) is 2. The molecule has 3 heterocycles. The first-order valence-electron chi connectivity index (χ1n) is 16.9. The fraction of sp³-hybridized carbons (Fsp3) is 0.611. The molecule has 3 fully saturated rings. The zero-order valence-corrected chi connectivity index (χ0v) is 32.1. The number of ether oxygens (including phenoxy) is 5. The molecule has 3 amide bonds. The van der Waals surface area contributed by atoms with E-state index in [2.05, 4.69) is 5.32 Å². The van der Waals surface area contributed by atoms with Gasteiger partial charge in [-0.1, -0.05) is 42.3 Å². The number of nitrogens with zero attached hydrogens (tertiary/aromatic N) is 2. The van der Waals surface area contributed by atoms with E-state index in [1.54, 1.807) is 38.3 Å². The monoisotopic (exact) mass is 749 g/mol. The van der Waals surface area contributed by atoms with E-state index in [1.165, 1.54) is 49.8 Å². The first kappa shape index (κ1) is 38.9. The van der Waals surface area contributed by atoms with Crippen molar-refractivity contribution in [2.45, 2.75) is 88.2 Å². The summed E-state index contributed by atoms with van der Waals surface area (Å²) < 4.78 is 30.2. The number of epoxide rings is 1. The maximum atomic E-state index is 14.7. The van der Waals surface area contributed by atoms with E-state index in [1.807, 2.05) is 26.2 Å². The van der Waals surface area contributed by atoms with Crippen molar-refractivity contribution in [1.82, 2.24) is 10.2 Å². The molecule has 2 unspecified atom stereocenters. The molecule has 1 aliphatic carbocycles. The first-order valence-corrected chi connectivity index (χ1v) is 18.6. The number of halogens is 1. The molecule has 1 saturated carbocycles. The van der Waals surface area contributed by atoms with Crippen LogP contribution in [0.1, 0.15) is 46.1 Å². The van der Waals surface area contributed by atoms with Crippen LogP contribution in [-0.2, 0) is 39.8 Å². The molecule has 13 nitrogen and oxygen atoms in total. The van der Waals surface area contributed by atoms with E-state index in [-0.39, 0.29) is 17.4 Å². The molecule has 51 heavy (non-hydrogen) atoms. The van der Waals surface area contributed by atoms with E-state index in [0.717, 1.165) is 11.1 Å². The maximum Gasteiger partial charge on any atom is 0.409 e. The summed E-state index contributed by atoms with van der Waals surface area (Å²) in [6.45, 7) is 6.99. The van der Waals surface area contributed by atoms with Gasteiger partial charge in [-0.3, -0.25) is 14.9 Å². The third-order valence-corrected chi connectivity index (χ3v) is 11.9. The highest BCUT2D eigenvalue weighted by molar-refractivity contribution is 7.98. The number of methoxy groups -OCH3 is 2. The van der Waals surface area contributed by atoms with Crippen molar-refractivity contribution in [3.05, 3.63) is 46.5 Å². The summed E-state index contributed by atoms with van der Waals surface area (Å²) in [5, 5.41) is 15.6. The fourth-order valence-electron chi connectivity index (χ4n) is 7.86. The molecule has 0 aromatic heterocycles. The van der Waals surface area contributed by atoms with Gasteiger partial charge in [-0.25, -0.2) is 9.59 Å². The lowest BCUT2D eigenvalue weighted by Crippen LogP contribution is -2.79. The number of carbonyl (C=O) groups is 4. The van der Waals surface area contributed by atoms with E-state index in [9.17, 15) is 24.3 Å². The zero-order chi connectivity index (χ0) is 37.6. The molecule has 3 aliphatic heterocycles. The molecule has 1 aromatic carbocycles. The third kappa shape index (κ3) is 6.74. The van der Waals surface area contributed by atoms with Crippen molar-refractivity contribution >= 4 is 52.9 Å². The van der Waals surface area contributed by atoms with Gasteiger partial charge in [-0.05, 0) is 51.1 Å². The minimum Gasteiger partial charge on any atom is -0.495 e. The summed E-state index contributed by atoms with van der Waals surface area (Å²) in [5.74, 6) is -2.55. The second-order valence-electron chi connectivity index (χ2n) is 14.0. The van der Waals surface area contributed by atoms with Gasteiger partial charge in [0.25, 0.3) is 0 Å². The number of nitrogens with one attached hydrogen (secondary N) is 1. The number of fused-ring (bicyclic) bond motifs is 4. The van der Waals surface area contributed by atoms with Gasteiger partial charge in [-0.2, -0.15) is 11.8 Å². The smallest absolute Gasteiger partial charge is 0.409 e. The highest BCUT2D eigenvalue weighted by Crippen LogP contribution is 2.64. The molecule has 2 saturated heterocycles. The molecule has 15 heteroatoms. The largest absolute Gasteiger partial charge is 0.495 e. The number of likely N-dealkylation sites (N-methyl/N-ethyl adjacent to an activating group) is 1. The number of esters is 1. The normalized spacial score (nSPS) is 35.2. The average molecular weight is 750 g/mol. The van der Waals surface area contributed by atoms with E-state index < -0.39 is 77.5 Å². The number of carbonyl (C=O) groups excluding carboxylic acids is 4. The molecule has 2 N–H and O–H groups in total. The van der Waals surface area contributed by atoms with Gasteiger partial charge in [0.2, 0.25) is 11.8 Å². The lowest BCUT2D eigenvalue weighted by Gasteiger charge is -2.58. The van der Waals surface area contributed by atoms with Crippen LogP contribution < -0.4 is 15.0 Å². The minimum atomic E-state index is -2.29. The molecule has 4 aliphatic rings. The van der Waals surface area contributed by atoms with E-state index in [4.69, 9.17) is 35.3 Å². The lowest BCUT2D eigenvalue weighted by atomic mass is 9.57. The minimum absolute atomic E-state index is 0.194. The fourth-order valence-corrected chi connectivity index (χ4v) is 8.55. The molecular formula is C36H48ClN3O10S. The summed E-state index contributed by atoms with van der Waals surface area (Å²) in [4.78, 5) is 57.9. The highest BCUT2D eigenvalue weighted by atomic mass is 35.5. The molecule has 2 bridgehead atoms. The Morgan fingerprint density at radius 3 is 2.63 bits per heavy atom. The van der Waals surface area contributed by atoms with Crippen LogP contribution in [0.15, 0.2) is 35.9 Å². The third-order valence-electron chi connectivity index (χ3n) is 10.9. The number of thioether (sulfide) groups is 1. The maximum absolute atomic E-state index is 14.7. The van der Waals surface area contributed by atoms with Crippen molar-refractivity contribution in [2.24, 2.45) is 11.8 Å². The molecule has 280 valence electrons. The second-order valence-corrected chi connectivity index (χ2v) is 15.4. The van der Waals surface area contributed by atoms with Gasteiger partial charge in [0.1, 0.15) is 34.6 Å². The molecule has 1 aromatic rings. The van der Waals surface area contributed by atoms with E-state index >= 15 is 0 Å². The Bertz CT molecular complexity index is 1640. The van der Waals surface area contributed by atoms with Gasteiger partial charge < -0.3 is 38.6 Å². The Hall–Kier alpha value is -3.30. The van der Waals surface area contributed by atoms with Gasteiger partial charge in [0, 0.05) is 39.3 Å². The summed E-state index contributed by atoms with van der Waals surface area (Å²) in [5.41, 5.74) is -3.55. The number of hydrogen-bond acceptors (Lipinski definition) is 11. The number of allylic oxidation sites excluding steroid dienone is 3. The Morgan fingerprint density at radius 2 is 1.98 bits per heavy atom. The van der Waals surface area contributed by atoms with Crippen molar-refractivity contribution in [1.29, 1.82) is 0 Å². The Morgan fingerprint density at radius 1 is 1.27 bits per heavy atom. The van der Waals surface area contributed by atoms with Crippen LogP contribution in [0, 0.1) is 11.8 Å². The van der Waals surface area contributed by atoms with Crippen molar-refractivity contribution in [3.63, 3.8) is 0 Å². The predicted octanol–water partition coefficient (Wildman–Crippen LogP) is 3.88. The van der Waals surface area contributed by atoms with Crippen molar-refractivity contribution in [2.75, 3.05) is 45.2 Å². The number of anilines is 1. The number of aliphatic hydroxyl groups is 1. The molecular weight excluding hydrogens is 702 g/mol. The number of benzene rings is 1. The number of alkyl carbamates (subject to hydrolysis) is 1. The number of rotatable bonds is 8. The second kappa shape index (κ2) is 14.6. The van der Waals surface area contributed by atoms with E-state index in [0.29, 0.717) is 23.6 Å². The quantitative estimate of drug-likeness (QED) is 0.294. The molecule has 0 radical (unpaired) electrons. The van der Waals surface area contributed by atoms with Gasteiger partial charge in [-0.15, -0.1) is 0 Å². The topological polar surface area (TPSA) is 156 Å².